The lowest BCUT2D eigenvalue weighted by molar-refractivity contribution is 0.241. The minimum atomic E-state index is 0.804. The largest absolute Gasteiger partial charge is 0.497 e. The summed E-state index contributed by atoms with van der Waals surface area (Å²) in [6.45, 7) is 2.85. The average Bonchev–Trinajstić information content (AvgIpc) is 3.10. The Morgan fingerprint density at radius 3 is 2.76 bits per heavy atom. The van der Waals surface area contributed by atoms with Gasteiger partial charge < -0.3 is 14.5 Å². The Morgan fingerprint density at radius 2 is 1.92 bits per heavy atom. The summed E-state index contributed by atoms with van der Waals surface area (Å²) < 4.78 is 11.1. The Morgan fingerprint density at radius 1 is 1.08 bits per heavy atom. The van der Waals surface area contributed by atoms with Crippen molar-refractivity contribution in [2.75, 3.05) is 13.7 Å². The summed E-state index contributed by atoms with van der Waals surface area (Å²) in [5, 5.41) is 0. The maximum atomic E-state index is 5.96. The van der Waals surface area contributed by atoms with Gasteiger partial charge in [0.2, 0.25) is 0 Å². The van der Waals surface area contributed by atoms with Crippen molar-refractivity contribution in [3.63, 3.8) is 0 Å². The molecule has 0 amide bonds. The Kier molecular flexibility index (Phi) is 4.39. The molecule has 5 nitrogen and oxygen atoms in total. The van der Waals surface area contributed by atoms with E-state index >= 15 is 0 Å². The first kappa shape index (κ1) is 15.7. The number of hydrogen-bond acceptors (Lipinski definition) is 4. The molecule has 0 aliphatic carbocycles. The number of nitrogens with zero attached hydrogens (tertiary/aromatic N) is 2. The molecule has 1 aromatic heterocycles. The first-order valence-corrected chi connectivity index (χ1v) is 8.44. The van der Waals surface area contributed by atoms with Gasteiger partial charge in [-0.2, -0.15) is 0 Å². The van der Waals surface area contributed by atoms with Crippen molar-refractivity contribution in [2.24, 2.45) is 0 Å². The number of nitrogens with one attached hydrogen (secondary N) is 1. The van der Waals surface area contributed by atoms with Crippen LogP contribution in [0.15, 0.2) is 54.9 Å². The van der Waals surface area contributed by atoms with Gasteiger partial charge in [0.1, 0.15) is 17.2 Å². The van der Waals surface area contributed by atoms with E-state index in [1.165, 1.54) is 17.0 Å². The van der Waals surface area contributed by atoms with Gasteiger partial charge in [-0.1, -0.05) is 12.1 Å². The fourth-order valence-electron chi connectivity index (χ4n) is 3.15. The van der Waals surface area contributed by atoms with Crippen LogP contribution in [0.1, 0.15) is 17.0 Å². The van der Waals surface area contributed by atoms with Crippen LogP contribution in [0.2, 0.25) is 0 Å². The second-order valence-electron chi connectivity index (χ2n) is 6.21. The van der Waals surface area contributed by atoms with Gasteiger partial charge in [-0.15, -0.1) is 0 Å². The molecule has 128 valence electrons. The number of fused-ring (bicyclic) bond motifs is 1. The van der Waals surface area contributed by atoms with Crippen molar-refractivity contribution >= 4 is 0 Å². The Bertz CT molecular complexity index is 842. The maximum absolute atomic E-state index is 5.96. The highest BCUT2D eigenvalue weighted by Gasteiger charge is 2.18. The van der Waals surface area contributed by atoms with Gasteiger partial charge in [0.25, 0.3) is 0 Å². The fraction of sp³-hybridized carbons (Fsp3) is 0.250. The zero-order valence-electron chi connectivity index (χ0n) is 14.2. The van der Waals surface area contributed by atoms with Gasteiger partial charge >= 0.3 is 0 Å². The van der Waals surface area contributed by atoms with Crippen molar-refractivity contribution in [1.82, 2.24) is 14.9 Å². The molecule has 2 heterocycles. The number of aromatic amines is 1. The molecule has 0 saturated carbocycles. The third-order valence-electron chi connectivity index (χ3n) is 4.45. The second kappa shape index (κ2) is 6.99. The van der Waals surface area contributed by atoms with E-state index in [2.05, 4.69) is 27.0 Å². The highest BCUT2D eigenvalue weighted by Crippen LogP contribution is 2.25. The Labute approximate surface area is 147 Å². The van der Waals surface area contributed by atoms with E-state index in [-0.39, 0.29) is 0 Å². The van der Waals surface area contributed by atoms with Crippen LogP contribution < -0.4 is 9.47 Å². The van der Waals surface area contributed by atoms with Gasteiger partial charge in [0, 0.05) is 26.1 Å². The first-order valence-electron chi connectivity index (χ1n) is 8.44. The molecule has 0 unspecified atom stereocenters. The SMILES string of the molecule is COc1ccc(Oc2cccc(CN3CCc4nc[nH]c4C3)c2)cc1. The highest BCUT2D eigenvalue weighted by atomic mass is 16.5. The summed E-state index contributed by atoms with van der Waals surface area (Å²) >= 11 is 0. The van der Waals surface area contributed by atoms with Gasteiger partial charge in [0.15, 0.2) is 0 Å². The monoisotopic (exact) mass is 335 g/mol. The zero-order chi connectivity index (χ0) is 17.1. The lowest BCUT2D eigenvalue weighted by Gasteiger charge is -2.26. The molecule has 2 aromatic carbocycles. The van der Waals surface area contributed by atoms with Crippen LogP contribution in [0.5, 0.6) is 17.2 Å². The highest BCUT2D eigenvalue weighted by molar-refractivity contribution is 5.37. The summed E-state index contributed by atoms with van der Waals surface area (Å²) in [6.07, 6.45) is 2.79. The number of rotatable bonds is 5. The fourth-order valence-corrected chi connectivity index (χ4v) is 3.15. The predicted molar refractivity (Wildman–Crippen MR) is 95.9 cm³/mol. The molecule has 4 rings (SSSR count). The van der Waals surface area contributed by atoms with Crippen LogP contribution in [-0.2, 0) is 19.5 Å². The molecule has 0 atom stereocenters. The minimum absolute atomic E-state index is 0.804. The van der Waals surface area contributed by atoms with Gasteiger partial charge in [-0.05, 0) is 42.0 Å². The van der Waals surface area contributed by atoms with E-state index in [1.54, 1.807) is 13.4 Å². The van der Waals surface area contributed by atoms with Crippen LogP contribution in [0, 0.1) is 0 Å². The topological polar surface area (TPSA) is 50.4 Å². The average molecular weight is 335 g/mol. The smallest absolute Gasteiger partial charge is 0.127 e. The van der Waals surface area contributed by atoms with E-state index in [9.17, 15) is 0 Å². The third kappa shape index (κ3) is 3.67. The van der Waals surface area contributed by atoms with Crippen molar-refractivity contribution in [1.29, 1.82) is 0 Å². The molecule has 0 radical (unpaired) electrons. The van der Waals surface area contributed by atoms with Gasteiger partial charge in [-0.25, -0.2) is 4.98 Å². The van der Waals surface area contributed by atoms with Gasteiger partial charge in [-0.3, -0.25) is 4.90 Å². The molecular weight excluding hydrogens is 314 g/mol. The normalized spacial score (nSPS) is 14.1. The zero-order valence-corrected chi connectivity index (χ0v) is 14.2. The van der Waals surface area contributed by atoms with E-state index in [1.807, 2.05) is 36.4 Å². The molecule has 0 bridgehead atoms. The third-order valence-corrected chi connectivity index (χ3v) is 4.45. The number of hydrogen-bond donors (Lipinski definition) is 1. The molecule has 0 fully saturated rings. The van der Waals surface area contributed by atoms with Crippen LogP contribution in [0.4, 0.5) is 0 Å². The van der Waals surface area contributed by atoms with Crippen LogP contribution in [0.3, 0.4) is 0 Å². The molecule has 3 aromatic rings. The van der Waals surface area contributed by atoms with Crippen molar-refractivity contribution in [3.8, 4) is 17.2 Å². The second-order valence-corrected chi connectivity index (χ2v) is 6.21. The Balaban J connectivity index is 1.42. The lowest BCUT2D eigenvalue weighted by Crippen LogP contribution is -2.30. The van der Waals surface area contributed by atoms with E-state index < -0.39 is 0 Å². The molecule has 5 heteroatoms. The molecule has 1 aliphatic heterocycles. The van der Waals surface area contributed by atoms with E-state index in [4.69, 9.17) is 9.47 Å². The summed E-state index contributed by atoms with van der Waals surface area (Å²) in [4.78, 5) is 10.0. The Hall–Kier alpha value is -2.79. The quantitative estimate of drug-likeness (QED) is 0.771. The number of methoxy groups -OCH3 is 1. The summed E-state index contributed by atoms with van der Waals surface area (Å²) in [6, 6.07) is 15.9. The van der Waals surface area contributed by atoms with E-state index in [0.717, 1.165) is 43.3 Å². The number of H-pyrrole nitrogens is 1. The van der Waals surface area contributed by atoms with Gasteiger partial charge in [0.05, 0.1) is 24.8 Å². The van der Waals surface area contributed by atoms with Crippen LogP contribution in [-0.4, -0.2) is 28.5 Å². The molecule has 1 N–H and O–H groups in total. The van der Waals surface area contributed by atoms with Crippen molar-refractivity contribution < 1.29 is 9.47 Å². The number of aromatic nitrogens is 2. The number of ether oxygens (including phenoxy) is 2. The molecule has 1 aliphatic rings. The molecule has 0 saturated heterocycles. The molecule has 0 spiro atoms. The maximum Gasteiger partial charge on any atom is 0.127 e. The number of benzene rings is 2. The summed E-state index contributed by atoms with van der Waals surface area (Å²) in [5.74, 6) is 2.48. The van der Waals surface area contributed by atoms with E-state index in [0.29, 0.717) is 0 Å². The van der Waals surface area contributed by atoms with Crippen molar-refractivity contribution in [2.45, 2.75) is 19.5 Å². The molecular formula is C20H21N3O2. The standard InChI is InChI=1S/C20H21N3O2/c1-24-16-5-7-17(8-6-16)25-18-4-2-3-15(11-18)12-23-10-9-19-20(13-23)22-14-21-19/h2-8,11,14H,9-10,12-13H2,1H3,(H,21,22). The summed E-state index contributed by atoms with van der Waals surface area (Å²) in [5.41, 5.74) is 3.68. The van der Waals surface area contributed by atoms with Crippen LogP contribution >= 0.6 is 0 Å². The number of imidazole rings is 1. The summed E-state index contributed by atoms with van der Waals surface area (Å²) in [7, 11) is 1.66. The minimum Gasteiger partial charge on any atom is -0.497 e. The predicted octanol–water partition coefficient (Wildman–Crippen LogP) is 3.77. The lowest BCUT2D eigenvalue weighted by atomic mass is 10.1. The van der Waals surface area contributed by atoms with Crippen LogP contribution in [0.25, 0.3) is 0 Å². The van der Waals surface area contributed by atoms with Crippen molar-refractivity contribution in [3.05, 3.63) is 71.8 Å². The first-order chi connectivity index (χ1) is 12.3. The molecule has 25 heavy (non-hydrogen) atoms.